The van der Waals surface area contributed by atoms with Gasteiger partial charge in [-0.2, -0.15) is 0 Å². The molecule has 3 aliphatic carbocycles. The lowest BCUT2D eigenvalue weighted by Crippen LogP contribution is -2.33. The smallest absolute Gasteiger partial charge is 0.241 e. The third-order valence-electron chi connectivity index (χ3n) is 6.37. The molecule has 0 spiro atoms. The van der Waals surface area contributed by atoms with Crippen molar-refractivity contribution in [3.05, 3.63) is 44.9 Å². The molecular formula is C19H16OS2. The third-order valence-corrected chi connectivity index (χ3v) is 9.12. The van der Waals surface area contributed by atoms with Crippen LogP contribution >= 0.6 is 23.1 Å². The van der Waals surface area contributed by atoms with Crippen molar-refractivity contribution in [2.75, 3.05) is 0 Å². The van der Waals surface area contributed by atoms with Crippen molar-refractivity contribution in [2.24, 2.45) is 17.8 Å². The van der Waals surface area contributed by atoms with Crippen molar-refractivity contribution in [1.29, 1.82) is 0 Å². The maximum atomic E-state index is 12.6. The van der Waals surface area contributed by atoms with Crippen LogP contribution in [0.25, 0.3) is 16.8 Å². The molecule has 110 valence electrons. The van der Waals surface area contributed by atoms with Gasteiger partial charge >= 0.3 is 0 Å². The predicted octanol–water partition coefficient (Wildman–Crippen LogP) is 4.89. The first kappa shape index (κ1) is 12.4. The number of hydrogen-bond acceptors (Lipinski definition) is 3. The molecule has 0 radical (unpaired) electrons. The van der Waals surface area contributed by atoms with Crippen LogP contribution < -0.4 is 4.74 Å². The zero-order valence-corrected chi connectivity index (χ0v) is 13.8. The lowest BCUT2D eigenvalue weighted by atomic mass is 9.73. The van der Waals surface area contributed by atoms with Gasteiger partial charge in [-0.3, -0.25) is 4.79 Å². The second kappa shape index (κ2) is 4.07. The summed E-state index contributed by atoms with van der Waals surface area (Å²) in [4.78, 5) is 12.6. The van der Waals surface area contributed by atoms with Crippen LogP contribution in [0.4, 0.5) is 0 Å². The maximum Gasteiger partial charge on any atom is 0.241 e. The largest absolute Gasteiger partial charge is 0.277 e. The monoisotopic (exact) mass is 324 g/mol. The summed E-state index contributed by atoms with van der Waals surface area (Å²) in [5.41, 5.74) is 2.74. The first-order valence-corrected chi connectivity index (χ1v) is 9.95. The number of allylic oxidation sites excluding steroid dienone is 1. The quantitative estimate of drug-likeness (QED) is 0.686. The molecule has 4 aliphatic rings. The first-order valence-electron chi connectivity index (χ1n) is 8.26. The Bertz CT molecular complexity index is 910. The van der Waals surface area contributed by atoms with Crippen LogP contribution in [0.3, 0.4) is 0 Å². The Morgan fingerprint density at radius 2 is 2.05 bits per heavy atom. The molecule has 5 atom stereocenters. The molecule has 0 N–H and O–H groups in total. The normalized spacial score (nSPS) is 36.8. The average Bonchev–Trinajstić information content (AvgIpc) is 3.15. The molecule has 3 heteroatoms. The van der Waals surface area contributed by atoms with Gasteiger partial charge < -0.3 is 0 Å². The standard InChI is InChI=1S/C19H16OS2/c20-18-13-3-1-2-9-6-7-12-15-10-4-5-11(8-10)17(15)21-19(22-18)16(12)14(9)13/h1-3,6-7,10-12,15,17H,4-5,8H2/t10-,11-,12+,15+,17-/m0/s1. The molecular weight excluding hydrogens is 308 g/mol. The molecule has 1 aliphatic heterocycles. The van der Waals surface area contributed by atoms with Gasteiger partial charge in [-0.15, -0.1) is 11.8 Å². The molecule has 0 saturated heterocycles. The van der Waals surface area contributed by atoms with Crippen LogP contribution in [0.15, 0.2) is 33.3 Å². The number of rotatable bonds is 0. The molecule has 2 heterocycles. The van der Waals surface area contributed by atoms with E-state index in [1.54, 1.807) is 0 Å². The Kier molecular flexibility index (Phi) is 2.29. The van der Waals surface area contributed by atoms with Gasteiger partial charge in [0.25, 0.3) is 0 Å². The highest BCUT2D eigenvalue weighted by Gasteiger charge is 2.54. The highest BCUT2D eigenvalue weighted by Crippen LogP contribution is 2.64. The highest BCUT2D eigenvalue weighted by molar-refractivity contribution is 8.01. The fraction of sp³-hybridized carbons (Fsp3) is 0.421. The summed E-state index contributed by atoms with van der Waals surface area (Å²) in [6.45, 7) is 0. The Hall–Kier alpha value is -1.06. The zero-order chi connectivity index (χ0) is 14.4. The number of benzene rings is 1. The predicted molar refractivity (Wildman–Crippen MR) is 93.8 cm³/mol. The molecule has 2 saturated carbocycles. The number of hydrogen-bond donors (Lipinski definition) is 0. The lowest BCUT2D eigenvalue weighted by Gasteiger charge is -2.41. The van der Waals surface area contributed by atoms with E-state index in [9.17, 15) is 4.79 Å². The third kappa shape index (κ3) is 1.36. The SMILES string of the molecule is O=c1sc2c3c4c(cccc14)C=C[C@@H]3[C@H]1[C@H]3CC[C@@H](C3)[C@@H]1S2. The van der Waals surface area contributed by atoms with E-state index in [0.29, 0.717) is 5.92 Å². The van der Waals surface area contributed by atoms with Gasteiger partial charge in [-0.05, 0) is 59.6 Å². The first-order chi connectivity index (χ1) is 10.8. The molecule has 2 aromatic rings. The second-order valence-electron chi connectivity index (χ2n) is 7.24. The van der Waals surface area contributed by atoms with Crippen LogP contribution in [-0.4, -0.2) is 5.25 Å². The molecule has 1 nitrogen and oxygen atoms in total. The van der Waals surface area contributed by atoms with E-state index < -0.39 is 0 Å². The summed E-state index contributed by atoms with van der Waals surface area (Å²) in [5.74, 6) is 3.19. The molecule has 0 amide bonds. The van der Waals surface area contributed by atoms with E-state index in [1.165, 1.54) is 51.3 Å². The molecule has 22 heavy (non-hydrogen) atoms. The summed E-state index contributed by atoms with van der Waals surface area (Å²) in [7, 11) is 0. The van der Waals surface area contributed by atoms with Gasteiger partial charge in [0.2, 0.25) is 4.74 Å². The minimum absolute atomic E-state index is 0.249. The Balaban J connectivity index is 1.71. The highest BCUT2D eigenvalue weighted by atomic mass is 32.2. The minimum atomic E-state index is 0.249. The van der Waals surface area contributed by atoms with Crippen LogP contribution in [0, 0.1) is 17.8 Å². The molecule has 2 bridgehead atoms. The lowest BCUT2D eigenvalue weighted by molar-refractivity contribution is 0.312. The van der Waals surface area contributed by atoms with E-state index in [0.717, 1.165) is 28.4 Å². The van der Waals surface area contributed by atoms with Gasteiger partial charge in [0.05, 0.1) is 4.21 Å². The van der Waals surface area contributed by atoms with E-state index in [2.05, 4.69) is 30.0 Å². The minimum Gasteiger partial charge on any atom is -0.277 e. The van der Waals surface area contributed by atoms with Crippen molar-refractivity contribution < 1.29 is 0 Å². The van der Waals surface area contributed by atoms with Gasteiger partial charge in [-0.1, -0.05) is 35.6 Å². The van der Waals surface area contributed by atoms with Gasteiger partial charge in [-0.25, -0.2) is 0 Å². The van der Waals surface area contributed by atoms with Crippen molar-refractivity contribution >= 4 is 39.9 Å². The van der Waals surface area contributed by atoms with Gasteiger partial charge in [0.1, 0.15) is 0 Å². The number of thioether (sulfide) groups is 1. The fourth-order valence-electron chi connectivity index (χ4n) is 5.57. The van der Waals surface area contributed by atoms with Crippen LogP contribution in [0.2, 0.25) is 0 Å². The molecule has 1 aromatic carbocycles. The van der Waals surface area contributed by atoms with E-state index >= 15 is 0 Å². The molecule has 1 aromatic heterocycles. The summed E-state index contributed by atoms with van der Waals surface area (Å²) >= 11 is 3.56. The Labute approximate surface area is 137 Å². The summed E-state index contributed by atoms with van der Waals surface area (Å²) < 4.78 is 1.58. The van der Waals surface area contributed by atoms with Crippen LogP contribution in [0.1, 0.15) is 36.3 Å². The second-order valence-corrected chi connectivity index (χ2v) is 9.67. The topological polar surface area (TPSA) is 17.1 Å². The van der Waals surface area contributed by atoms with Crippen molar-refractivity contribution in [1.82, 2.24) is 0 Å². The summed E-state index contributed by atoms with van der Waals surface area (Å²) in [6.07, 6.45) is 9.02. The Morgan fingerprint density at radius 1 is 1.14 bits per heavy atom. The van der Waals surface area contributed by atoms with Crippen molar-refractivity contribution in [2.45, 2.75) is 34.6 Å². The summed E-state index contributed by atoms with van der Waals surface area (Å²) in [6, 6.07) is 6.21. The Morgan fingerprint density at radius 3 is 3.00 bits per heavy atom. The molecule has 6 rings (SSSR count). The fourth-order valence-corrected chi connectivity index (χ4v) is 8.72. The van der Waals surface area contributed by atoms with Gasteiger partial charge in [0, 0.05) is 16.6 Å². The van der Waals surface area contributed by atoms with E-state index in [-0.39, 0.29) is 4.74 Å². The van der Waals surface area contributed by atoms with E-state index in [1.807, 2.05) is 12.1 Å². The van der Waals surface area contributed by atoms with Crippen LogP contribution in [-0.2, 0) is 0 Å². The van der Waals surface area contributed by atoms with Gasteiger partial charge in [0.15, 0.2) is 0 Å². The summed E-state index contributed by atoms with van der Waals surface area (Å²) in [5, 5.41) is 2.97. The average molecular weight is 324 g/mol. The van der Waals surface area contributed by atoms with Crippen molar-refractivity contribution in [3.63, 3.8) is 0 Å². The van der Waals surface area contributed by atoms with Crippen LogP contribution in [0.5, 0.6) is 0 Å². The zero-order valence-electron chi connectivity index (χ0n) is 12.1. The molecule has 2 fully saturated rings. The van der Waals surface area contributed by atoms with E-state index in [4.69, 9.17) is 0 Å². The maximum absolute atomic E-state index is 12.6. The van der Waals surface area contributed by atoms with Crippen molar-refractivity contribution in [3.8, 4) is 0 Å². The molecule has 0 unspecified atom stereocenters. The number of fused-ring (bicyclic) bond motifs is 6.